The Morgan fingerprint density at radius 1 is 1.31 bits per heavy atom. The number of hydrogen-bond acceptors (Lipinski definition) is 6. The van der Waals surface area contributed by atoms with E-state index in [4.69, 9.17) is 4.74 Å². The van der Waals surface area contributed by atoms with Crippen molar-refractivity contribution in [2.75, 3.05) is 7.11 Å². The minimum Gasteiger partial charge on any atom is -0.465 e. The number of methoxy groups -OCH3 is 1. The van der Waals surface area contributed by atoms with Crippen molar-refractivity contribution in [1.82, 2.24) is 25.5 Å². The third-order valence-corrected chi connectivity index (χ3v) is 5.13. The number of esters is 1. The maximum absolute atomic E-state index is 12.2. The van der Waals surface area contributed by atoms with Crippen molar-refractivity contribution in [3.05, 3.63) is 35.7 Å². The smallest absolute Gasteiger partial charge is 0.340 e. The number of benzene rings is 1. The van der Waals surface area contributed by atoms with Crippen LogP contribution in [0.1, 0.15) is 62.6 Å². The van der Waals surface area contributed by atoms with Crippen LogP contribution in [0.25, 0.3) is 5.69 Å². The average Bonchev–Trinajstić information content (AvgIpc) is 3.13. The van der Waals surface area contributed by atoms with Crippen molar-refractivity contribution < 1.29 is 9.53 Å². The summed E-state index contributed by atoms with van der Waals surface area (Å²) < 4.78 is 6.62. The molecule has 0 atom stereocenters. The van der Waals surface area contributed by atoms with E-state index in [0.717, 1.165) is 31.5 Å². The zero-order chi connectivity index (χ0) is 18.7. The first kappa shape index (κ1) is 18.5. The number of tetrazole rings is 1. The van der Waals surface area contributed by atoms with Crippen molar-refractivity contribution in [2.24, 2.45) is 5.92 Å². The fraction of sp³-hybridized carbons (Fsp3) is 0.579. The molecule has 0 unspecified atom stereocenters. The van der Waals surface area contributed by atoms with Gasteiger partial charge in [-0.25, -0.2) is 4.79 Å². The standard InChI is InChI=1S/C19H27N5O2/c1-13(2)20-19(11-9-14(3)10-12-19)18-21-22-23-24(18)16-8-6-5-7-15(16)17(25)26-4/h5-8,13-14,20H,9-12H2,1-4H3. The Morgan fingerprint density at radius 2 is 2.00 bits per heavy atom. The first-order valence-corrected chi connectivity index (χ1v) is 9.21. The van der Waals surface area contributed by atoms with Gasteiger partial charge in [0.2, 0.25) is 0 Å². The second-order valence-corrected chi connectivity index (χ2v) is 7.49. The summed E-state index contributed by atoms with van der Waals surface area (Å²) in [6.45, 7) is 6.56. The predicted molar refractivity (Wildman–Crippen MR) is 98.1 cm³/mol. The van der Waals surface area contributed by atoms with E-state index in [1.54, 1.807) is 10.7 Å². The molecule has 1 aliphatic carbocycles. The number of para-hydroxylation sites is 1. The van der Waals surface area contributed by atoms with Crippen LogP contribution in [0.2, 0.25) is 0 Å². The second kappa shape index (κ2) is 7.53. The van der Waals surface area contributed by atoms with Gasteiger partial charge in [0.25, 0.3) is 0 Å². The van der Waals surface area contributed by atoms with E-state index in [9.17, 15) is 4.79 Å². The van der Waals surface area contributed by atoms with Gasteiger partial charge in [0, 0.05) is 6.04 Å². The lowest BCUT2D eigenvalue weighted by atomic mass is 9.76. The zero-order valence-electron chi connectivity index (χ0n) is 15.9. The van der Waals surface area contributed by atoms with E-state index in [2.05, 4.69) is 41.6 Å². The van der Waals surface area contributed by atoms with Crippen molar-refractivity contribution in [2.45, 2.75) is 58.0 Å². The summed E-state index contributed by atoms with van der Waals surface area (Å²) in [4.78, 5) is 12.2. The molecule has 1 aromatic heterocycles. The third-order valence-electron chi connectivity index (χ3n) is 5.13. The number of rotatable bonds is 5. The van der Waals surface area contributed by atoms with Gasteiger partial charge in [-0.1, -0.05) is 19.1 Å². The van der Waals surface area contributed by atoms with Crippen LogP contribution in [-0.2, 0) is 10.3 Å². The highest BCUT2D eigenvalue weighted by Gasteiger charge is 2.41. The van der Waals surface area contributed by atoms with Crippen LogP contribution in [0.4, 0.5) is 0 Å². The summed E-state index contributed by atoms with van der Waals surface area (Å²) in [7, 11) is 1.38. The molecule has 0 aliphatic heterocycles. The Kier molecular flexibility index (Phi) is 5.36. The summed E-state index contributed by atoms with van der Waals surface area (Å²) in [6, 6.07) is 7.56. The van der Waals surface area contributed by atoms with E-state index < -0.39 is 5.97 Å². The van der Waals surface area contributed by atoms with Crippen molar-refractivity contribution in [3.8, 4) is 5.69 Å². The number of carbonyl (C=O) groups excluding carboxylic acids is 1. The molecule has 0 bridgehead atoms. The van der Waals surface area contributed by atoms with Gasteiger partial charge in [-0.05, 0) is 68.0 Å². The molecule has 1 fully saturated rings. The van der Waals surface area contributed by atoms with Crippen LogP contribution in [0.5, 0.6) is 0 Å². The van der Waals surface area contributed by atoms with Gasteiger partial charge >= 0.3 is 5.97 Å². The first-order valence-electron chi connectivity index (χ1n) is 9.21. The Bertz CT molecular complexity index is 763. The molecule has 3 rings (SSSR count). The highest BCUT2D eigenvalue weighted by atomic mass is 16.5. The van der Waals surface area contributed by atoms with Crippen LogP contribution in [0.15, 0.2) is 24.3 Å². The molecular formula is C19H27N5O2. The molecule has 1 saturated carbocycles. The van der Waals surface area contributed by atoms with Crippen molar-refractivity contribution in [3.63, 3.8) is 0 Å². The van der Waals surface area contributed by atoms with Crippen LogP contribution in [0.3, 0.4) is 0 Å². The summed E-state index contributed by atoms with van der Waals surface area (Å²) in [5.41, 5.74) is 0.795. The molecule has 140 valence electrons. The van der Waals surface area contributed by atoms with Gasteiger partial charge in [-0.3, -0.25) is 0 Å². The molecule has 7 heteroatoms. The number of aromatic nitrogens is 4. The van der Waals surface area contributed by atoms with E-state index in [1.165, 1.54) is 7.11 Å². The van der Waals surface area contributed by atoms with Crippen LogP contribution >= 0.6 is 0 Å². The zero-order valence-corrected chi connectivity index (χ0v) is 15.9. The summed E-state index contributed by atoms with van der Waals surface area (Å²) >= 11 is 0. The maximum atomic E-state index is 12.2. The van der Waals surface area contributed by atoms with Gasteiger partial charge in [0.1, 0.15) is 0 Å². The SMILES string of the molecule is COC(=O)c1ccccc1-n1nnnc1C1(NC(C)C)CCC(C)CC1. The van der Waals surface area contributed by atoms with Crippen molar-refractivity contribution in [1.29, 1.82) is 0 Å². The van der Waals surface area contributed by atoms with Gasteiger partial charge in [0.05, 0.1) is 23.9 Å². The molecule has 2 aromatic rings. The molecule has 1 aromatic carbocycles. The van der Waals surface area contributed by atoms with Crippen LogP contribution in [0, 0.1) is 5.92 Å². The van der Waals surface area contributed by atoms with E-state index in [0.29, 0.717) is 23.2 Å². The van der Waals surface area contributed by atoms with Gasteiger partial charge in [-0.15, -0.1) is 5.10 Å². The lowest BCUT2D eigenvalue weighted by Crippen LogP contribution is -2.50. The minimum absolute atomic E-state index is 0.296. The monoisotopic (exact) mass is 357 g/mol. The molecule has 0 spiro atoms. The largest absolute Gasteiger partial charge is 0.465 e. The number of nitrogens with one attached hydrogen (secondary N) is 1. The van der Waals surface area contributed by atoms with Gasteiger partial charge in [-0.2, -0.15) is 4.68 Å². The highest BCUT2D eigenvalue weighted by Crippen LogP contribution is 2.39. The normalized spacial score (nSPS) is 23.2. The molecule has 0 radical (unpaired) electrons. The Labute approximate surface area is 154 Å². The van der Waals surface area contributed by atoms with Gasteiger partial charge < -0.3 is 10.1 Å². The molecule has 7 nitrogen and oxygen atoms in total. The van der Waals surface area contributed by atoms with Gasteiger partial charge in [0.15, 0.2) is 5.82 Å². The number of carbonyl (C=O) groups is 1. The molecule has 1 heterocycles. The fourth-order valence-electron chi connectivity index (χ4n) is 3.83. The first-order chi connectivity index (χ1) is 12.5. The van der Waals surface area contributed by atoms with Crippen LogP contribution < -0.4 is 5.32 Å². The quantitative estimate of drug-likeness (QED) is 0.829. The van der Waals surface area contributed by atoms with E-state index in [1.807, 2.05) is 18.2 Å². The van der Waals surface area contributed by atoms with Crippen molar-refractivity contribution >= 4 is 5.97 Å². The number of nitrogens with zero attached hydrogens (tertiary/aromatic N) is 4. The molecular weight excluding hydrogens is 330 g/mol. The molecule has 1 aliphatic rings. The fourth-order valence-corrected chi connectivity index (χ4v) is 3.83. The summed E-state index contributed by atoms with van der Waals surface area (Å²) in [5.74, 6) is 1.06. The predicted octanol–water partition coefficient (Wildman–Crippen LogP) is 2.85. The Hall–Kier alpha value is -2.28. The van der Waals surface area contributed by atoms with Crippen LogP contribution in [-0.4, -0.2) is 39.3 Å². The molecule has 1 N–H and O–H groups in total. The molecule has 26 heavy (non-hydrogen) atoms. The Balaban J connectivity index is 2.09. The second-order valence-electron chi connectivity index (χ2n) is 7.49. The van der Waals surface area contributed by atoms with E-state index in [-0.39, 0.29) is 5.54 Å². The average molecular weight is 357 g/mol. The minimum atomic E-state index is -0.398. The maximum Gasteiger partial charge on any atom is 0.340 e. The molecule has 0 saturated heterocycles. The molecule has 0 amide bonds. The number of hydrogen-bond donors (Lipinski definition) is 1. The topological polar surface area (TPSA) is 81.9 Å². The summed E-state index contributed by atoms with van der Waals surface area (Å²) in [6.07, 6.45) is 4.16. The third kappa shape index (κ3) is 3.49. The highest BCUT2D eigenvalue weighted by molar-refractivity contribution is 5.93. The lowest BCUT2D eigenvalue weighted by molar-refractivity contribution is 0.0600. The summed E-state index contributed by atoms with van der Waals surface area (Å²) in [5, 5.41) is 16.3. The Morgan fingerprint density at radius 3 is 2.65 bits per heavy atom. The number of ether oxygens (including phenoxy) is 1. The van der Waals surface area contributed by atoms with E-state index >= 15 is 0 Å². The lowest BCUT2D eigenvalue weighted by Gasteiger charge is -2.40.